The molecule has 2 aromatic rings. The average Bonchev–Trinajstić information content (AvgIpc) is 3.21. The second-order valence-electron chi connectivity index (χ2n) is 15.1. The summed E-state index contributed by atoms with van der Waals surface area (Å²) in [6, 6.07) is 10.7. The maximum atomic E-state index is 12.8. The number of anilines is 2. The molecule has 74 heavy (non-hydrogen) atoms. The van der Waals surface area contributed by atoms with Crippen LogP contribution < -0.4 is 56.5 Å². The fourth-order valence-corrected chi connectivity index (χ4v) is 4.72. The van der Waals surface area contributed by atoms with Crippen molar-refractivity contribution < 1.29 is 61.5 Å². The topological polar surface area (TPSA) is 583 Å². The van der Waals surface area contributed by atoms with Gasteiger partial charge in [-0.3, -0.25) is 27.8 Å². The Morgan fingerprint density at radius 2 is 0.554 bits per heavy atom. The van der Waals surface area contributed by atoms with Gasteiger partial charge in [0.2, 0.25) is 35.7 Å². The number of hydrogen-bond acceptors (Lipinski definition) is 18. The lowest BCUT2D eigenvalue weighted by atomic mass is 10.0. The van der Waals surface area contributed by atoms with Crippen LogP contribution in [0, 0.1) is 0 Å². The lowest BCUT2D eigenvalue weighted by molar-refractivity contribution is -0.117. The number of guanidine groups is 4. The first-order valence-corrected chi connectivity index (χ1v) is 28.1. The highest BCUT2D eigenvalue weighted by Gasteiger charge is 2.12. The Balaban J connectivity index is -0.00000212. The van der Waals surface area contributed by atoms with Crippen LogP contribution in [-0.4, -0.2) is 135 Å². The second-order valence-corrected chi connectivity index (χ2v) is 21.0. The molecule has 2 aromatic carbocycles. The Kier molecular flexibility index (Phi) is 33.6. The summed E-state index contributed by atoms with van der Waals surface area (Å²) in [4.78, 5) is 25.7. The van der Waals surface area contributed by atoms with Crippen LogP contribution in [0.25, 0.3) is 0 Å². The Bertz CT molecular complexity index is 2500. The molecule has 0 bridgehead atoms. The van der Waals surface area contributed by atoms with Crippen LogP contribution in [0.4, 0.5) is 11.4 Å². The fraction of sp³-hybridized carbons (Fsp3) is 0.421. The Labute approximate surface area is 430 Å². The minimum atomic E-state index is -3.67. The monoisotopic (exact) mass is 1130 g/mol. The molecule has 0 radical (unpaired) electrons. The number of nitrogens with two attached hydrogens (primary N) is 8. The van der Waals surface area contributed by atoms with Crippen molar-refractivity contribution in [2.45, 2.75) is 79.1 Å². The van der Waals surface area contributed by atoms with Crippen LogP contribution in [-0.2, 0) is 50.1 Å². The van der Waals surface area contributed by atoms with E-state index in [9.17, 15) is 43.3 Å². The molecule has 418 valence electrons. The molecular formula is C38H68N18O14S4. The van der Waals surface area contributed by atoms with Crippen molar-refractivity contribution in [1.29, 1.82) is 0 Å². The van der Waals surface area contributed by atoms with E-state index in [-0.39, 0.29) is 35.7 Å². The van der Waals surface area contributed by atoms with Gasteiger partial charge in [-0.05, 0) is 76.9 Å². The van der Waals surface area contributed by atoms with Crippen LogP contribution in [0.15, 0.2) is 77.2 Å². The fourth-order valence-electron chi connectivity index (χ4n) is 4.72. The number of amides is 2. The molecule has 36 heteroatoms. The molecule has 22 N–H and O–H groups in total. The van der Waals surface area contributed by atoms with Crippen molar-refractivity contribution in [2.24, 2.45) is 86.7 Å². The molecule has 0 saturated heterocycles. The van der Waals surface area contributed by atoms with Gasteiger partial charge < -0.3 is 56.5 Å². The minimum Gasteiger partial charge on any atom is -0.369 e. The summed E-state index contributed by atoms with van der Waals surface area (Å²) in [5.41, 5.74) is 49.0. The zero-order valence-electron chi connectivity index (χ0n) is 41.8. The molecule has 0 atom stereocenters. The zero-order chi connectivity index (χ0) is 58.2. The minimum absolute atomic E-state index is 0.143. The van der Waals surface area contributed by atoms with Crippen molar-refractivity contribution in [2.75, 3.05) is 35.7 Å². The van der Waals surface area contributed by atoms with Crippen molar-refractivity contribution >= 4 is 110 Å². The van der Waals surface area contributed by atoms with Crippen LogP contribution in [0.2, 0.25) is 0 Å². The summed E-state index contributed by atoms with van der Waals surface area (Å²) >= 11 is 0. The van der Waals surface area contributed by atoms with Crippen LogP contribution in [0.1, 0.15) is 101 Å². The molecule has 0 saturated carbocycles. The van der Waals surface area contributed by atoms with E-state index >= 15 is 0 Å². The predicted octanol–water partition coefficient (Wildman–Crippen LogP) is -0.610. The largest absolute Gasteiger partial charge is 0.369 e. The Morgan fingerprint density at radius 3 is 0.730 bits per heavy atom. The SMILES string of the molecule is C/C(=N\N=C(N)N)c1cc(NC(=O)CCCCCCCCC(=O)Nc2cc(/C(C)=N/N=C(N)N)cc(/C(C)=N/N=C(N)N)c2)cc(/C(C)=N/N=C(N)N)c1.CS(=O)(=O)O.CS(=O)(=O)O.CS(=O)(=O)O.CS(=O)(=O)O. The molecular weight excluding hydrogens is 1060 g/mol. The third-order valence-corrected chi connectivity index (χ3v) is 7.42. The van der Waals surface area contributed by atoms with Crippen LogP contribution in [0.3, 0.4) is 0 Å². The Morgan fingerprint density at radius 1 is 0.378 bits per heavy atom. The predicted molar refractivity (Wildman–Crippen MR) is 289 cm³/mol. The number of unbranched alkanes of at least 4 members (excludes halogenated alkanes) is 5. The summed E-state index contributed by atoms with van der Waals surface area (Å²) in [6.07, 6.45) is 8.48. The van der Waals surface area contributed by atoms with Crippen LogP contribution >= 0.6 is 0 Å². The van der Waals surface area contributed by atoms with Crippen molar-refractivity contribution in [3.63, 3.8) is 0 Å². The molecule has 0 aliphatic rings. The highest BCUT2D eigenvalue weighted by atomic mass is 32.2. The second kappa shape index (κ2) is 35.0. The van der Waals surface area contributed by atoms with Gasteiger partial charge in [0, 0.05) is 46.5 Å². The van der Waals surface area contributed by atoms with Crippen molar-refractivity contribution in [3.05, 3.63) is 58.7 Å². The number of carbonyl (C=O) groups is 2. The first-order chi connectivity index (χ1) is 33.5. The molecule has 2 rings (SSSR count). The first-order valence-electron chi connectivity index (χ1n) is 20.7. The molecule has 0 fully saturated rings. The highest BCUT2D eigenvalue weighted by molar-refractivity contribution is 7.85. The normalized spacial score (nSPS) is 11.9. The molecule has 0 aromatic heterocycles. The molecule has 0 heterocycles. The number of hydrogen-bond donors (Lipinski definition) is 14. The van der Waals surface area contributed by atoms with Crippen molar-refractivity contribution in [1.82, 2.24) is 0 Å². The molecule has 0 aliphatic carbocycles. The zero-order valence-corrected chi connectivity index (χ0v) is 45.1. The Hall–Kier alpha value is -7.22. The molecule has 2 amide bonds. The van der Waals surface area contributed by atoms with Gasteiger partial charge >= 0.3 is 0 Å². The third kappa shape index (κ3) is 51.1. The van der Waals surface area contributed by atoms with E-state index in [0.717, 1.165) is 25.7 Å². The highest BCUT2D eigenvalue weighted by Crippen LogP contribution is 2.20. The van der Waals surface area contributed by atoms with E-state index in [4.69, 9.17) is 64.1 Å². The van der Waals surface area contributed by atoms with E-state index in [1.807, 2.05) is 0 Å². The van der Waals surface area contributed by atoms with E-state index in [2.05, 4.69) is 51.4 Å². The molecule has 0 unspecified atom stereocenters. The quantitative estimate of drug-likeness (QED) is 0.0274. The van der Waals surface area contributed by atoms with Crippen molar-refractivity contribution in [3.8, 4) is 0 Å². The lowest BCUT2D eigenvalue weighted by Crippen LogP contribution is -2.22. The summed E-state index contributed by atoms with van der Waals surface area (Å²) in [7, 11) is -14.7. The molecule has 0 aliphatic heterocycles. The summed E-state index contributed by atoms with van der Waals surface area (Å²) < 4.78 is 103. The van der Waals surface area contributed by atoms with E-state index in [1.54, 1.807) is 64.1 Å². The van der Waals surface area contributed by atoms with Crippen LogP contribution in [0.5, 0.6) is 0 Å². The average molecular weight is 1130 g/mol. The van der Waals surface area contributed by atoms with Gasteiger partial charge in [0.1, 0.15) is 0 Å². The number of nitrogens with one attached hydrogen (secondary N) is 2. The van der Waals surface area contributed by atoms with Gasteiger partial charge in [0.05, 0.1) is 47.9 Å². The lowest BCUT2D eigenvalue weighted by Gasteiger charge is -2.11. The van der Waals surface area contributed by atoms with Gasteiger partial charge in [0.25, 0.3) is 40.5 Å². The standard InChI is InChI=1S/C34H52N18O2.4CH4O3S/c1-19(45-49-31(35)36)23-13-24(20(2)46-50-32(37)38)16-27(15-23)43-29(53)11-9-7-5-6-8-10-12-30(54)44-28-17-25(21(3)47-51-33(39)40)14-26(18-28)22(4)48-52-34(41)42;4*1-5(2,3)4/h13-18H,5-12H2,1-4H3,(H,43,53)(H,44,54)(H4,35,36,49)(H4,37,38,50)(H4,39,40,51)(H4,41,42,52);4*1H3,(H,2,3,4)/b45-19+,46-20+,47-21+,48-22+;;;;. The van der Waals surface area contributed by atoms with E-state index in [0.29, 0.717) is 107 Å². The summed E-state index contributed by atoms with van der Waals surface area (Å²) in [6.45, 7) is 6.92. The van der Waals surface area contributed by atoms with Gasteiger partial charge in [-0.2, -0.15) is 54.1 Å². The number of nitrogens with zero attached hydrogens (tertiary/aromatic N) is 8. The maximum Gasteiger partial charge on any atom is 0.261 e. The first kappa shape index (κ1) is 71.0. The smallest absolute Gasteiger partial charge is 0.261 e. The number of carbonyl (C=O) groups excluding carboxylic acids is 2. The number of rotatable bonds is 19. The number of benzene rings is 2. The maximum absolute atomic E-state index is 12.8. The summed E-state index contributed by atoms with van der Waals surface area (Å²) in [5, 5.41) is 36.8. The van der Waals surface area contributed by atoms with Gasteiger partial charge in [-0.25, -0.2) is 0 Å². The molecule has 0 spiro atoms. The van der Waals surface area contributed by atoms with Gasteiger partial charge in [-0.1, -0.05) is 25.7 Å². The van der Waals surface area contributed by atoms with E-state index in [1.165, 1.54) is 0 Å². The van der Waals surface area contributed by atoms with E-state index < -0.39 is 40.5 Å². The molecule has 32 nitrogen and oxygen atoms in total. The third-order valence-electron chi connectivity index (χ3n) is 7.42. The van der Waals surface area contributed by atoms with Gasteiger partial charge in [0.15, 0.2) is 0 Å². The summed E-state index contributed by atoms with van der Waals surface area (Å²) in [5.74, 6) is -1.03. The van der Waals surface area contributed by atoms with Gasteiger partial charge in [-0.15, -0.1) is 20.4 Å².